The second-order valence-electron chi connectivity index (χ2n) is 10.8. The van der Waals surface area contributed by atoms with Crippen LogP contribution in [0.5, 0.6) is 0 Å². The van der Waals surface area contributed by atoms with Crippen molar-refractivity contribution in [2.45, 2.75) is 66.7 Å². The Balaban J connectivity index is -0.000000185. The number of ether oxygens (including phenoxy) is 9. The summed E-state index contributed by atoms with van der Waals surface area (Å²) < 4.78 is 39.4. The van der Waals surface area contributed by atoms with Crippen LogP contribution >= 0.6 is 0 Å². The minimum Gasteiger partial charge on any atom is -0.481 e. The summed E-state index contributed by atoms with van der Waals surface area (Å²) in [6.45, 7) is 7.97. The SMILES string of the molecule is COC(=O)C(C)CC(=O)O.COC(=O)CC(C)C(=O)OC.COC(=O)CC(C)C(=O)OC.COC(=O)CC(C)C(=O)OC.COC(=O)CC(C)C(=O)OC. The lowest BCUT2D eigenvalue weighted by molar-refractivity contribution is -0.151. The van der Waals surface area contributed by atoms with Crippen LogP contribution in [-0.2, 0) is 90.6 Å². The van der Waals surface area contributed by atoms with E-state index in [1.165, 1.54) is 70.9 Å². The summed E-state index contributed by atoms with van der Waals surface area (Å²) in [6, 6.07) is 0. The predicted octanol–water partition coefficient (Wildman–Crippen LogP) is 1.70. The molecule has 0 aliphatic carbocycles. The van der Waals surface area contributed by atoms with Crippen LogP contribution in [0.3, 0.4) is 0 Å². The highest BCUT2D eigenvalue weighted by Gasteiger charge is 2.20. The third-order valence-corrected chi connectivity index (χ3v) is 6.30. The number of carboxylic acids is 1. The molecule has 0 aliphatic heterocycles. The average Bonchev–Trinajstić information content (AvgIpc) is 3.16. The Kier molecular flexibility index (Phi) is 38.8. The van der Waals surface area contributed by atoms with Crippen LogP contribution in [0.2, 0.25) is 0 Å². The molecule has 0 rings (SSSR count). The minimum atomic E-state index is -0.988. The lowest BCUT2D eigenvalue weighted by Gasteiger charge is -2.05. The van der Waals surface area contributed by atoms with Gasteiger partial charge in [0.15, 0.2) is 0 Å². The number of methoxy groups -OCH3 is 9. The summed E-state index contributed by atoms with van der Waals surface area (Å²) in [5, 5.41) is 8.22. The molecular weight excluding hydrogens is 728 g/mol. The number of carboxylic acid groups (broad SMARTS) is 1. The van der Waals surface area contributed by atoms with E-state index in [0.29, 0.717) is 0 Å². The second-order valence-corrected chi connectivity index (χ2v) is 10.8. The molecule has 54 heavy (non-hydrogen) atoms. The molecule has 0 saturated heterocycles. The number of esters is 9. The molecule has 0 heterocycles. The fraction of sp³-hybridized carbons (Fsp3) is 0.706. The number of rotatable bonds is 15. The van der Waals surface area contributed by atoms with E-state index in [0.717, 1.165) is 0 Å². The molecule has 5 atom stereocenters. The maximum atomic E-state index is 10.7. The highest BCUT2D eigenvalue weighted by atomic mass is 16.6. The number of carbonyl (C=O) groups excluding carboxylic acids is 9. The van der Waals surface area contributed by atoms with Gasteiger partial charge < -0.3 is 47.7 Å². The molecule has 0 saturated carbocycles. The molecule has 0 spiro atoms. The van der Waals surface area contributed by atoms with Crippen LogP contribution in [0, 0.1) is 29.6 Å². The van der Waals surface area contributed by atoms with Crippen molar-refractivity contribution in [3.8, 4) is 0 Å². The molecule has 1 N–H and O–H groups in total. The van der Waals surface area contributed by atoms with Crippen molar-refractivity contribution in [2.75, 3.05) is 64.0 Å². The van der Waals surface area contributed by atoms with E-state index >= 15 is 0 Å². The quantitative estimate of drug-likeness (QED) is 0.183. The van der Waals surface area contributed by atoms with E-state index < -0.39 is 89.3 Å². The molecule has 0 amide bonds. The highest BCUT2D eigenvalue weighted by Crippen LogP contribution is 2.07. The van der Waals surface area contributed by atoms with Crippen molar-refractivity contribution in [3.05, 3.63) is 0 Å². The molecule has 0 radical (unpaired) electrons. The number of hydrogen-bond acceptors (Lipinski definition) is 19. The van der Waals surface area contributed by atoms with Gasteiger partial charge in [-0.25, -0.2) is 0 Å². The monoisotopic (exact) mass is 786 g/mol. The van der Waals surface area contributed by atoms with Gasteiger partial charge in [-0.2, -0.15) is 0 Å². The zero-order valence-electron chi connectivity index (χ0n) is 33.6. The third kappa shape index (κ3) is 35.1. The van der Waals surface area contributed by atoms with E-state index in [-0.39, 0.29) is 32.1 Å². The van der Waals surface area contributed by atoms with Crippen LogP contribution in [0.25, 0.3) is 0 Å². The molecule has 0 fully saturated rings. The van der Waals surface area contributed by atoms with Crippen LogP contribution in [0.15, 0.2) is 0 Å². The van der Waals surface area contributed by atoms with Crippen molar-refractivity contribution < 1.29 is 95.7 Å². The summed E-state index contributed by atoms with van der Waals surface area (Å²) in [4.78, 5) is 106. The minimum absolute atomic E-state index is 0.0726. The van der Waals surface area contributed by atoms with Crippen molar-refractivity contribution in [1.82, 2.24) is 0 Å². The summed E-state index contributed by atoms with van der Waals surface area (Å²) in [5.41, 5.74) is 0. The highest BCUT2D eigenvalue weighted by molar-refractivity contribution is 5.81. The summed E-state index contributed by atoms with van der Waals surface area (Å²) in [7, 11) is 11.5. The molecule has 20 nitrogen and oxygen atoms in total. The Labute approximate surface area is 315 Å². The molecule has 20 heteroatoms. The van der Waals surface area contributed by atoms with Gasteiger partial charge in [0.25, 0.3) is 0 Å². The lowest BCUT2D eigenvalue weighted by atomic mass is 10.1. The van der Waals surface area contributed by atoms with E-state index in [9.17, 15) is 47.9 Å². The van der Waals surface area contributed by atoms with E-state index in [4.69, 9.17) is 5.11 Å². The largest absolute Gasteiger partial charge is 0.481 e. The Bertz CT molecular complexity index is 1020. The first kappa shape index (κ1) is 58.0. The zero-order chi connectivity index (χ0) is 43.6. The molecule has 0 bridgehead atoms. The Morgan fingerprint density at radius 3 is 0.574 bits per heavy atom. The fourth-order valence-corrected chi connectivity index (χ4v) is 3.02. The summed E-state index contributed by atoms with van der Waals surface area (Å²) >= 11 is 0. The van der Waals surface area contributed by atoms with Crippen LogP contribution in [0.1, 0.15) is 66.7 Å². The maximum absolute atomic E-state index is 10.7. The molecular formula is C34H58O20. The van der Waals surface area contributed by atoms with Crippen molar-refractivity contribution in [2.24, 2.45) is 29.6 Å². The molecule has 0 aromatic carbocycles. The van der Waals surface area contributed by atoms with Crippen molar-refractivity contribution in [1.29, 1.82) is 0 Å². The fourth-order valence-electron chi connectivity index (χ4n) is 3.02. The summed E-state index contributed by atoms with van der Waals surface area (Å²) in [6.07, 6.45) is 0.116. The van der Waals surface area contributed by atoms with Gasteiger partial charge in [0.1, 0.15) is 0 Å². The Morgan fingerprint density at radius 1 is 0.315 bits per heavy atom. The maximum Gasteiger partial charge on any atom is 0.308 e. The van der Waals surface area contributed by atoms with Crippen molar-refractivity contribution in [3.63, 3.8) is 0 Å². The van der Waals surface area contributed by atoms with Gasteiger partial charge in [-0.3, -0.25) is 47.9 Å². The first-order valence-corrected chi connectivity index (χ1v) is 15.9. The normalized spacial score (nSPS) is 12.0. The molecule has 5 unspecified atom stereocenters. The summed E-state index contributed by atoms with van der Waals surface area (Å²) in [5.74, 6) is -6.89. The second kappa shape index (κ2) is 36.1. The van der Waals surface area contributed by atoms with Gasteiger partial charge in [-0.05, 0) is 0 Å². The van der Waals surface area contributed by atoms with Gasteiger partial charge in [-0.15, -0.1) is 0 Å². The number of carbonyl (C=O) groups is 10. The molecule has 0 aromatic rings. The van der Waals surface area contributed by atoms with Crippen LogP contribution in [-0.4, -0.2) is 129 Å². The standard InChI is InChI=1S/4C7H12O4.C6H10O4/c4*1-5(7(9)11-3)4-6(8)10-2;1-4(3-5(7)8)6(9)10-2/h4*5H,4H2,1-3H3;4H,3H2,1-2H3,(H,7,8). The lowest BCUT2D eigenvalue weighted by Crippen LogP contribution is -2.17. The first-order valence-electron chi connectivity index (χ1n) is 15.9. The average molecular weight is 787 g/mol. The van der Waals surface area contributed by atoms with Gasteiger partial charge in [0, 0.05) is 0 Å². The van der Waals surface area contributed by atoms with Gasteiger partial charge in [0.05, 0.1) is 126 Å². The van der Waals surface area contributed by atoms with E-state index in [1.54, 1.807) is 27.7 Å². The molecule has 314 valence electrons. The smallest absolute Gasteiger partial charge is 0.308 e. The van der Waals surface area contributed by atoms with Gasteiger partial charge in [-0.1, -0.05) is 34.6 Å². The zero-order valence-corrected chi connectivity index (χ0v) is 33.6. The van der Waals surface area contributed by atoms with Gasteiger partial charge >= 0.3 is 59.7 Å². The van der Waals surface area contributed by atoms with Crippen molar-refractivity contribution >= 4 is 59.7 Å². The van der Waals surface area contributed by atoms with Gasteiger partial charge in [0.2, 0.25) is 0 Å². The Morgan fingerprint density at radius 2 is 0.463 bits per heavy atom. The third-order valence-electron chi connectivity index (χ3n) is 6.30. The first-order chi connectivity index (χ1) is 25.0. The predicted molar refractivity (Wildman–Crippen MR) is 185 cm³/mol. The number of aliphatic carboxylic acids is 1. The molecule has 0 aromatic heterocycles. The Hall–Kier alpha value is -5.30. The van der Waals surface area contributed by atoms with E-state index in [2.05, 4.69) is 42.6 Å². The topological polar surface area (TPSA) is 274 Å². The van der Waals surface area contributed by atoms with Crippen LogP contribution < -0.4 is 0 Å². The number of hydrogen-bond donors (Lipinski definition) is 1. The van der Waals surface area contributed by atoms with Crippen LogP contribution in [0.4, 0.5) is 0 Å². The van der Waals surface area contributed by atoms with E-state index in [1.807, 2.05) is 0 Å². The molecule has 0 aliphatic rings.